The number of rotatable bonds is 6. The molecule has 0 saturated carbocycles. The Hall–Kier alpha value is -4.11. The molecule has 2 aromatic heterocycles. The van der Waals surface area contributed by atoms with Crippen molar-refractivity contribution in [3.8, 4) is 11.1 Å². The highest BCUT2D eigenvalue weighted by molar-refractivity contribution is 7.90. The van der Waals surface area contributed by atoms with E-state index in [1.54, 1.807) is 67.0 Å². The van der Waals surface area contributed by atoms with Gasteiger partial charge >= 0.3 is 0 Å². The highest BCUT2D eigenvalue weighted by Crippen LogP contribution is 2.22. The van der Waals surface area contributed by atoms with Crippen LogP contribution < -0.4 is 11.1 Å². The SMILES string of the molecule is Nc1ccccc1NC(=O)/C=C/c1ccn(S(=O)(=O)c2ccc(-c3cn[nH]c3)cc2)c1. The van der Waals surface area contributed by atoms with E-state index >= 15 is 0 Å². The third-order valence-electron chi connectivity index (χ3n) is 4.60. The number of aromatic nitrogens is 3. The molecule has 31 heavy (non-hydrogen) atoms. The summed E-state index contributed by atoms with van der Waals surface area (Å²) in [7, 11) is -3.75. The van der Waals surface area contributed by atoms with Crippen LogP contribution in [0.25, 0.3) is 17.2 Å². The zero-order chi connectivity index (χ0) is 21.8. The van der Waals surface area contributed by atoms with Crippen LogP contribution in [0.4, 0.5) is 11.4 Å². The molecule has 1 amide bonds. The quantitative estimate of drug-likeness (QED) is 0.318. The van der Waals surface area contributed by atoms with E-state index in [4.69, 9.17) is 5.73 Å². The molecule has 4 rings (SSSR count). The average Bonchev–Trinajstić information content (AvgIpc) is 3.47. The number of nitrogen functional groups attached to an aromatic ring is 1. The third-order valence-corrected chi connectivity index (χ3v) is 6.25. The third kappa shape index (κ3) is 4.41. The van der Waals surface area contributed by atoms with Gasteiger partial charge in [0.25, 0.3) is 10.0 Å². The second-order valence-corrected chi connectivity index (χ2v) is 8.54. The van der Waals surface area contributed by atoms with E-state index in [-0.39, 0.29) is 10.8 Å². The van der Waals surface area contributed by atoms with Crippen molar-refractivity contribution in [3.63, 3.8) is 0 Å². The number of para-hydroxylation sites is 2. The van der Waals surface area contributed by atoms with Crippen LogP contribution in [0, 0.1) is 0 Å². The Morgan fingerprint density at radius 3 is 2.55 bits per heavy atom. The normalized spacial score (nSPS) is 11.6. The van der Waals surface area contributed by atoms with Crippen LogP contribution >= 0.6 is 0 Å². The Morgan fingerprint density at radius 1 is 1.06 bits per heavy atom. The molecule has 9 heteroatoms. The summed E-state index contributed by atoms with van der Waals surface area (Å²) in [6.07, 6.45) is 9.12. The molecule has 0 radical (unpaired) electrons. The maximum Gasteiger partial charge on any atom is 0.267 e. The molecule has 0 aliphatic heterocycles. The number of hydrogen-bond donors (Lipinski definition) is 3. The Morgan fingerprint density at radius 2 is 1.84 bits per heavy atom. The standard InChI is InChI=1S/C22H19N5O3S/c23-20-3-1-2-4-21(20)26-22(28)10-5-16-11-12-27(15-16)31(29,30)19-8-6-17(7-9-19)18-13-24-25-14-18/h1-15H,23H2,(H,24,25)(H,26,28)/b10-5+. The van der Waals surface area contributed by atoms with Crippen LogP contribution in [-0.4, -0.2) is 28.5 Å². The minimum atomic E-state index is -3.75. The van der Waals surface area contributed by atoms with Gasteiger partial charge in [0.05, 0.1) is 22.5 Å². The number of aromatic amines is 1. The van der Waals surface area contributed by atoms with Crippen LogP contribution in [0.15, 0.2) is 90.4 Å². The molecule has 0 fully saturated rings. The fourth-order valence-corrected chi connectivity index (χ4v) is 4.15. The van der Waals surface area contributed by atoms with Gasteiger partial charge in [0, 0.05) is 30.2 Å². The van der Waals surface area contributed by atoms with Gasteiger partial charge in [0.2, 0.25) is 5.91 Å². The van der Waals surface area contributed by atoms with Crippen molar-refractivity contribution in [2.24, 2.45) is 0 Å². The molecule has 0 aliphatic carbocycles. The summed E-state index contributed by atoms with van der Waals surface area (Å²) < 4.78 is 26.9. The van der Waals surface area contributed by atoms with Crippen molar-refractivity contribution in [2.75, 3.05) is 11.1 Å². The first-order valence-corrected chi connectivity index (χ1v) is 10.7. The maximum atomic E-state index is 12.9. The predicted molar refractivity (Wildman–Crippen MR) is 120 cm³/mol. The van der Waals surface area contributed by atoms with E-state index in [1.165, 1.54) is 24.5 Å². The molecule has 2 heterocycles. The molecule has 0 aliphatic rings. The van der Waals surface area contributed by atoms with Crippen LogP contribution in [-0.2, 0) is 14.8 Å². The van der Waals surface area contributed by atoms with Crippen molar-refractivity contribution >= 4 is 33.4 Å². The van der Waals surface area contributed by atoms with Crippen molar-refractivity contribution in [1.82, 2.24) is 14.2 Å². The predicted octanol–water partition coefficient (Wildman–Crippen LogP) is 3.35. The van der Waals surface area contributed by atoms with E-state index in [9.17, 15) is 13.2 Å². The molecule has 0 unspecified atom stereocenters. The summed E-state index contributed by atoms with van der Waals surface area (Å²) in [5, 5.41) is 9.29. The van der Waals surface area contributed by atoms with Gasteiger partial charge in [-0.05, 0) is 47.5 Å². The van der Waals surface area contributed by atoms with Crippen molar-refractivity contribution in [3.05, 3.63) is 91.0 Å². The molecular formula is C22H19N5O3S. The number of nitrogens with one attached hydrogen (secondary N) is 2. The number of nitrogens with two attached hydrogens (primary N) is 1. The largest absolute Gasteiger partial charge is 0.397 e. The zero-order valence-corrected chi connectivity index (χ0v) is 17.1. The fourth-order valence-electron chi connectivity index (χ4n) is 2.95. The van der Waals surface area contributed by atoms with E-state index in [0.717, 1.165) is 15.1 Å². The maximum absolute atomic E-state index is 12.9. The van der Waals surface area contributed by atoms with Gasteiger partial charge in [0.1, 0.15) is 0 Å². The first-order valence-electron chi connectivity index (χ1n) is 9.30. The molecule has 0 atom stereocenters. The lowest BCUT2D eigenvalue weighted by atomic mass is 10.1. The second kappa shape index (κ2) is 8.33. The van der Waals surface area contributed by atoms with Crippen LogP contribution in [0.3, 0.4) is 0 Å². The van der Waals surface area contributed by atoms with Gasteiger partial charge in [-0.15, -0.1) is 0 Å². The lowest BCUT2D eigenvalue weighted by Crippen LogP contribution is -2.10. The van der Waals surface area contributed by atoms with Crippen LogP contribution in [0.2, 0.25) is 0 Å². The summed E-state index contributed by atoms with van der Waals surface area (Å²) in [5.74, 6) is -0.372. The Kier molecular flexibility index (Phi) is 5.42. The van der Waals surface area contributed by atoms with Crippen molar-refractivity contribution in [1.29, 1.82) is 0 Å². The topological polar surface area (TPSA) is 123 Å². The summed E-state index contributed by atoms with van der Waals surface area (Å²) in [6.45, 7) is 0. The summed E-state index contributed by atoms with van der Waals surface area (Å²) in [4.78, 5) is 12.3. The Labute approximate surface area is 179 Å². The molecule has 0 saturated heterocycles. The first kappa shape index (κ1) is 20.2. The highest BCUT2D eigenvalue weighted by Gasteiger charge is 2.16. The van der Waals surface area contributed by atoms with Crippen LogP contribution in [0.5, 0.6) is 0 Å². The molecular weight excluding hydrogens is 414 g/mol. The summed E-state index contributed by atoms with van der Waals surface area (Å²) in [6, 6.07) is 15.1. The molecule has 4 aromatic rings. The second-order valence-electron chi connectivity index (χ2n) is 6.70. The lowest BCUT2D eigenvalue weighted by Gasteiger charge is -2.06. The number of carbonyl (C=O) groups is 1. The zero-order valence-electron chi connectivity index (χ0n) is 16.3. The van der Waals surface area contributed by atoms with Gasteiger partial charge in [-0.2, -0.15) is 5.10 Å². The Balaban J connectivity index is 1.48. The van der Waals surface area contributed by atoms with Gasteiger partial charge in [-0.25, -0.2) is 12.4 Å². The first-order chi connectivity index (χ1) is 14.9. The number of anilines is 2. The number of benzene rings is 2. The molecule has 8 nitrogen and oxygen atoms in total. The molecule has 0 spiro atoms. The molecule has 0 bridgehead atoms. The minimum absolute atomic E-state index is 0.156. The fraction of sp³-hybridized carbons (Fsp3) is 0. The van der Waals surface area contributed by atoms with E-state index in [0.29, 0.717) is 16.9 Å². The number of amides is 1. The van der Waals surface area contributed by atoms with Crippen molar-refractivity contribution in [2.45, 2.75) is 4.90 Å². The number of nitrogens with zero attached hydrogens (tertiary/aromatic N) is 2. The summed E-state index contributed by atoms with van der Waals surface area (Å²) in [5.41, 5.74) is 9.06. The van der Waals surface area contributed by atoms with Gasteiger partial charge in [-0.1, -0.05) is 24.3 Å². The van der Waals surface area contributed by atoms with E-state index < -0.39 is 10.0 Å². The lowest BCUT2D eigenvalue weighted by molar-refractivity contribution is -0.111. The van der Waals surface area contributed by atoms with Gasteiger partial charge in [-0.3, -0.25) is 9.89 Å². The van der Waals surface area contributed by atoms with E-state index in [2.05, 4.69) is 15.5 Å². The van der Waals surface area contributed by atoms with Gasteiger partial charge < -0.3 is 11.1 Å². The average molecular weight is 433 g/mol. The number of H-pyrrole nitrogens is 1. The molecule has 2 aromatic carbocycles. The van der Waals surface area contributed by atoms with Crippen molar-refractivity contribution < 1.29 is 13.2 Å². The van der Waals surface area contributed by atoms with E-state index in [1.807, 2.05) is 0 Å². The van der Waals surface area contributed by atoms with Gasteiger partial charge in [0.15, 0.2) is 0 Å². The Bertz CT molecular complexity index is 1340. The monoisotopic (exact) mass is 433 g/mol. The number of hydrogen-bond acceptors (Lipinski definition) is 5. The minimum Gasteiger partial charge on any atom is -0.397 e. The summed E-state index contributed by atoms with van der Waals surface area (Å²) >= 11 is 0. The smallest absolute Gasteiger partial charge is 0.267 e. The molecule has 4 N–H and O–H groups in total. The highest BCUT2D eigenvalue weighted by atomic mass is 32.2. The van der Waals surface area contributed by atoms with Crippen LogP contribution in [0.1, 0.15) is 5.56 Å². The molecule has 156 valence electrons. The number of carbonyl (C=O) groups excluding carboxylic acids is 1.